The van der Waals surface area contributed by atoms with Crippen LogP contribution in [0.15, 0.2) is 24.3 Å². The van der Waals surface area contributed by atoms with Gasteiger partial charge in [-0.15, -0.1) is 5.10 Å². The van der Waals surface area contributed by atoms with E-state index in [1.807, 2.05) is 18.2 Å². The lowest BCUT2D eigenvalue weighted by Gasteiger charge is -2.08. The molecule has 1 heterocycles. The number of nitrogens with two attached hydrogens (primary N) is 1. The molecule has 108 valence electrons. The topological polar surface area (TPSA) is 78.0 Å². The molecule has 0 bridgehead atoms. The van der Waals surface area contributed by atoms with Gasteiger partial charge < -0.3 is 15.8 Å². The van der Waals surface area contributed by atoms with Crippen LogP contribution in [0.1, 0.15) is 12.0 Å². The maximum Gasteiger partial charge on any atom is 0.241 e. The van der Waals surface area contributed by atoms with E-state index in [0.717, 1.165) is 24.0 Å². The number of nitrogen functional groups attached to an aromatic ring is 1. The van der Waals surface area contributed by atoms with Gasteiger partial charge in [0.25, 0.3) is 0 Å². The molecule has 2 aromatic rings. The Bertz CT molecular complexity index is 557. The molecule has 1 aromatic heterocycles. The van der Waals surface area contributed by atoms with Gasteiger partial charge in [0.15, 0.2) is 0 Å². The molecule has 0 unspecified atom stereocenters. The molecule has 0 atom stereocenters. The number of nitrogens with one attached hydrogen (secondary N) is 1. The van der Waals surface area contributed by atoms with E-state index in [-0.39, 0.29) is 5.95 Å². The number of alkyl halides is 1. The molecule has 7 heteroatoms. The van der Waals surface area contributed by atoms with Crippen molar-refractivity contribution in [2.45, 2.75) is 11.8 Å². The second kappa shape index (κ2) is 7.14. The van der Waals surface area contributed by atoms with Gasteiger partial charge in [0, 0.05) is 18.9 Å². The fourth-order valence-electron chi connectivity index (χ4n) is 1.74. The zero-order valence-corrected chi connectivity index (χ0v) is 12.9. The maximum absolute atomic E-state index is 5.69. The van der Waals surface area contributed by atoms with Crippen molar-refractivity contribution in [2.75, 3.05) is 24.2 Å². The number of halogens is 1. The lowest BCUT2D eigenvalue weighted by atomic mass is 10.2. The maximum atomic E-state index is 5.69. The van der Waals surface area contributed by atoms with Crippen LogP contribution in [0, 0.1) is 0 Å². The van der Waals surface area contributed by atoms with Crippen molar-refractivity contribution >= 4 is 27.8 Å². The summed E-state index contributed by atoms with van der Waals surface area (Å²) in [5.74, 6) is 1.84. The summed E-state index contributed by atoms with van der Waals surface area (Å²) in [5, 5.41) is 7.96. The van der Waals surface area contributed by atoms with Crippen molar-refractivity contribution in [3.63, 3.8) is 0 Å². The molecule has 0 radical (unpaired) electrons. The van der Waals surface area contributed by atoms with Crippen molar-refractivity contribution in [1.29, 1.82) is 0 Å². The molecule has 0 amide bonds. The Balaban J connectivity index is 1.70. The molecular formula is C13H18BrN5O. The standard InChI is InChI=1S/C13H18BrN5O/c1-19-13(17-12(15)18-19)16-6-3-7-20-11-5-2-4-10(8-11)9-14/h2,4-5,8H,3,6-7,9H2,1H3,(H3,15,16,17,18). The minimum Gasteiger partial charge on any atom is -0.494 e. The zero-order valence-electron chi connectivity index (χ0n) is 11.3. The van der Waals surface area contributed by atoms with E-state index >= 15 is 0 Å². The van der Waals surface area contributed by atoms with Crippen molar-refractivity contribution in [1.82, 2.24) is 14.8 Å². The Kier molecular flexibility index (Phi) is 5.23. The second-order valence-corrected chi connectivity index (χ2v) is 4.89. The van der Waals surface area contributed by atoms with E-state index < -0.39 is 0 Å². The summed E-state index contributed by atoms with van der Waals surface area (Å²) in [6, 6.07) is 8.04. The van der Waals surface area contributed by atoms with E-state index in [4.69, 9.17) is 10.5 Å². The van der Waals surface area contributed by atoms with Gasteiger partial charge in [0.1, 0.15) is 5.75 Å². The Morgan fingerprint density at radius 1 is 1.45 bits per heavy atom. The van der Waals surface area contributed by atoms with Gasteiger partial charge in [-0.05, 0) is 24.1 Å². The average Bonchev–Trinajstić information content (AvgIpc) is 2.77. The van der Waals surface area contributed by atoms with Gasteiger partial charge in [0.2, 0.25) is 11.9 Å². The number of hydrogen-bond donors (Lipinski definition) is 2. The van der Waals surface area contributed by atoms with Crippen molar-refractivity contribution in [2.24, 2.45) is 7.05 Å². The van der Waals surface area contributed by atoms with Crippen LogP contribution in [0.5, 0.6) is 5.75 Å². The number of aromatic nitrogens is 3. The summed E-state index contributed by atoms with van der Waals surface area (Å²) in [7, 11) is 1.80. The third-order valence-corrected chi connectivity index (χ3v) is 3.35. The summed E-state index contributed by atoms with van der Waals surface area (Å²) < 4.78 is 7.31. The van der Waals surface area contributed by atoms with Gasteiger partial charge in [-0.1, -0.05) is 28.1 Å². The first-order valence-corrected chi connectivity index (χ1v) is 7.49. The minimum absolute atomic E-state index is 0.276. The highest BCUT2D eigenvalue weighted by Gasteiger charge is 2.02. The molecule has 6 nitrogen and oxygen atoms in total. The molecule has 3 N–H and O–H groups in total. The lowest BCUT2D eigenvalue weighted by Crippen LogP contribution is -2.10. The summed E-state index contributed by atoms with van der Waals surface area (Å²) in [6.45, 7) is 1.40. The third kappa shape index (κ3) is 4.12. The smallest absolute Gasteiger partial charge is 0.241 e. The highest BCUT2D eigenvalue weighted by molar-refractivity contribution is 9.08. The third-order valence-electron chi connectivity index (χ3n) is 2.71. The van der Waals surface area contributed by atoms with Gasteiger partial charge in [0.05, 0.1) is 6.61 Å². The van der Waals surface area contributed by atoms with Crippen LogP contribution in [-0.4, -0.2) is 27.9 Å². The molecule has 0 spiro atoms. The number of hydrogen-bond acceptors (Lipinski definition) is 5. The predicted octanol–water partition coefficient (Wildman–Crippen LogP) is 2.17. The first-order chi connectivity index (χ1) is 9.69. The van der Waals surface area contributed by atoms with Crippen molar-refractivity contribution < 1.29 is 4.74 Å². The highest BCUT2D eigenvalue weighted by Crippen LogP contribution is 2.15. The fraction of sp³-hybridized carbons (Fsp3) is 0.385. The summed E-state index contributed by atoms with van der Waals surface area (Å²) in [6.07, 6.45) is 0.866. The van der Waals surface area contributed by atoms with E-state index in [1.54, 1.807) is 11.7 Å². The van der Waals surface area contributed by atoms with Gasteiger partial charge in [-0.3, -0.25) is 0 Å². The van der Waals surface area contributed by atoms with Crippen LogP contribution in [0.3, 0.4) is 0 Å². The van der Waals surface area contributed by atoms with Crippen LogP contribution < -0.4 is 15.8 Å². The quantitative estimate of drug-likeness (QED) is 0.597. The largest absolute Gasteiger partial charge is 0.494 e. The van der Waals surface area contributed by atoms with Crippen LogP contribution in [-0.2, 0) is 12.4 Å². The molecule has 2 rings (SSSR count). The Morgan fingerprint density at radius 2 is 2.30 bits per heavy atom. The summed E-state index contributed by atoms with van der Waals surface area (Å²) in [4.78, 5) is 4.06. The summed E-state index contributed by atoms with van der Waals surface area (Å²) in [5.41, 5.74) is 6.71. The number of benzene rings is 1. The SMILES string of the molecule is Cn1nc(N)nc1NCCCOc1cccc(CBr)c1. The van der Waals surface area contributed by atoms with Crippen LogP contribution >= 0.6 is 15.9 Å². The molecule has 0 saturated heterocycles. The molecular weight excluding hydrogens is 322 g/mol. The number of aryl methyl sites for hydroxylation is 1. The first-order valence-electron chi connectivity index (χ1n) is 6.37. The van der Waals surface area contributed by atoms with Crippen LogP contribution in [0.25, 0.3) is 0 Å². The second-order valence-electron chi connectivity index (χ2n) is 4.33. The number of anilines is 2. The number of nitrogens with zero attached hydrogens (tertiary/aromatic N) is 3. The average molecular weight is 340 g/mol. The van der Waals surface area contributed by atoms with E-state index in [2.05, 4.69) is 37.4 Å². The van der Waals surface area contributed by atoms with Crippen LogP contribution in [0.2, 0.25) is 0 Å². The van der Waals surface area contributed by atoms with Crippen LogP contribution in [0.4, 0.5) is 11.9 Å². The normalized spacial score (nSPS) is 10.5. The highest BCUT2D eigenvalue weighted by atomic mass is 79.9. The summed E-state index contributed by atoms with van der Waals surface area (Å²) >= 11 is 3.43. The Morgan fingerprint density at radius 3 is 3.00 bits per heavy atom. The van der Waals surface area contributed by atoms with Gasteiger partial charge in [-0.25, -0.2) is 4.68 Å². The van der Waals surface area contributed by atoms with E-state index in [9.17, 15) is 0 Å². The molecule has 20 heavy (non-hydrogen) atoms. The van der Waals surface area contributed by atoms with E-state index in [1.165, 1.54) is 5.56 Å². The van der Waals surface area contributed by atoms with Gasteiger partial charge in [-0.2, -0.15) is 4.98 Å². The molecule has 0 aliphatic carbocycles. The lowest BCUT2D eigenvalue weighted by molar-refractivity contribution is 0.314. The Hall–Kier alpha value is -1.76. The monoisotopic (exact) mass is 339 g/mol. The minimum atomic E-state index is 0.276. The Labute approximate surface area is 126 Å². The number of ether oxygens (including phenoxy) is 1. The van der Waals surface area contributed by atoms with Crippen molar-refractivity contribution in [3.05, 3.63) is 29.8 Å². The zero-order chi connectivity index (χ0) is 14.4. The molecule has 0 aliphatic rings. The van der Waals surface area contributed by atoms with Gasteiger partial charge >= 0.3 is 0 Å². The van der Waals surface area contributed by atoms with E-state index in [0.29, 0.717) is 12.6 Å². The predicted molar refractivity (Wildman–Crippen MR) is 83.1 cm³/mol. The van der Waals surface area contributed by atoms with Crippen molar-refractivity contribution in [3.8, 4) is 5.75 Å². The molecule has 0 saturated carbocycles. The molecule has 1 aromatic carbocycles. The number of rotatable bonds is 7. The molecule has 0 aliphatic heterocycles. The first kappa shape index (κ1) is 14.6. The fourth-order valence-corrected chi connectivity index (χ4v) is 2.09. The molecule has 0 fully saturated rings.